The molecule has 19 heavy (non-hydrogen) atoms. The maximum Gasteiger partial charge on any atom is 0.326 e. The standard InChI is InChI=1S/C13H15N3O3/c1-2-3-11(17)15-9-4-5-10-8(6-9)7-12(18)16(10)13(14)19/h4-7,18H,2-3H2,1H3,(H2,14,19)(H,15,17). The fraction of sp³-hybridized carbons (Fsp3) is 0.231. The largest absolute Gasteiger partial charge is 0.494 e. The van der Waals surface area contributed by atoms with Crippen LogP contribution in [-0.2, 0) is 4.79 Å². The molecule has 0 radical (unpaired) electrons. The third kappa shape index (κ3) is 2.52. The SMILES string of the molecule is CCCC(=O)Nc1ccc2c(c1)cc(O)n2C(N)=O. The second-order valence-electron chi connectivity index (χ2n) is 4.25. The summed E-state index contributed by atoms with van der Waals surface area (Å²) in [5, 5.41) is 13.0. The Kier molecular flexibility index (Phi) is 3.41. The number of carbonyl (C=O) groups excluding carboxylic acids is 2. The first kappa shape index (κ1) is 12.9. The van der Waals surface area contributed by atoms with E-state index < -0.39 is 6.03 Å². The van der Waals surface area contributed by atoms with Gasteiger partial charge >= 0.3 is 6.03 Å². The van der Waals surface area contributed by atoms with Crippen LogP contribution in [0, 0.1) is 0 Å². The summed E-state index contributed by atoms with van der Waals surface area (Å²) in [6.45, 7) is 1.92. The first-order chi connectivity index (χ1) is 9.02. The number of benzene rings is 1. The highest BCUT2D eigenvalue weighted by atomic mass is 16.3. The fourth-order valence-corrected chi connectivity index (χ4v) is 1.96. The number of aromatic hydroxyl groups is 1. The highest BCUT2D eigenvalue weighted by Crippen LogP contribution is 2.26. The van der Waals surface area contributed by atoms with Gasteiger partial charge in [-0.1, -0.05) is 6.92 Å². The van der Waals surface area contributed by atoms with Crippen LogP contribution in [0.2, 0.25) is 0 Å². The predicted octanol–water partition coefficient (Wildman–Crippen LogP) is 2.01. The number of nitrogens with one attached hydrogen (secondary N) is 1. The van der Waals surface area contributed by atoms with Crippen LogP contribution in [0.3, 0.4) is 0 Å². The summed E-state index contributed by atoms with van der Waals surface area (Å²) in [6.07, 6.45) is 1.22. The molecule has 0 aliphatic heterocycles. The molecule has 4 N–H and O–H groups in total. The zero-order chi connectivity index (χ0) is 14.0. The molecule has 2 aromatic rings. The normalized spacial score (nSPS) is 10.6. The Hall–Kier alpha value is -2.50. The lowest BCUT2D eigenvalue weighted by molar-refractivity contribution is -0.116. The van der Waals surface area contributed by atoms with Gasteiger partial charge in [0.05, 0.1) is 5.52 Å². The van der Waals surface area contributed by atoms with E-state index in [-0.39, 0.29) is 11.8 Å². The van der Waals surface area contributed by atoms with E-state index >= 15 is 0 Å². The van der Waals surface area contributed by atoms with Crippen molar-refractivity contribution in [1.29, 1.82) is 0 Å². The zero-order valence-corrected chi connectivity index (χ0v) is 10.5. The number of nitrogens with two attached hydrogens (primary N) is 1. The van der Waals surface area contributed by atoms with Crippen LogP contribution in [0.5, 0.6) is 5.88 Å². The van der Waals surface area contributed by atoms with Gasteiger partial charge < -0.3 is 16.2 Å². The number of anilines is 1. The molecule has 0 aliphatic rings. The van der Waals surface area contributed by atoms with Gasteiger partial charge in [-0.3, -0.25) is 4.79 Å². The van der Waals surface area contributed by atoms with Crippen molar-refractivity contribution >= 4 is 28.5 Å². The Morgan fingerprint density at radius 1 is 1.37 bits per heavy atom. The summed E-state index contributed by atoms with van der Waals surface area (Å²) < 4.78 is 1.01. The Morgan fingerprint density at radius 2 is 2.11 bits per heavy atom. The highest BCUT2D eigenvalue weighted by Gasteiger charge is 2.12. The zero-order valence-electron chi connectivity index (χ0n) is 10.5. The Bertz CT molecular complexity index is 646. The second-order valence-corrected chi connectivity index (χ2v) is 4.25. The molecule has 2 amide bonds. The molecular formula is C13H15N3O3. The van der Waals surface area contributed by atoms with Crippen molar-refractivity contribution in [2.45, 2.75) is 19.8 Å². The van der Waals surface area contributed by atoms with E-state index in [0.29, 0.717) is 23.0 Å². The van der Waals surface area contributed by atoms with Crippen LogP contribution in [0.25, 0.3) is 10.9 Å². The number of nitrogens with zero attached hydrogens (tertiary/aromatic N) is 1. The second kappa shape index (κ2) is 5.01. The van der Waals surface area contributed by atoms with Gasteiger partial charge in [0.2, 0.25) is 5.91 Å². The minimum absolute atomic E-state index is 0.0691. The minimum Gasteiger partial charge on any atom is -0.494 e. The predicted molar refractivity (Wildman–Crippen MR) is 72.1 cm³/mol. The van der Waals surface area contributed by atoms with Crippen LogP contribution >= 0.6 is 0 Å². The summed E-state index contributed by atoms with van der Waals surface area (Å²) in [6, 6.07) is 5.64. The number of rotatable bonds is 3. The minimum atomic E-state index is -0.754. The van der Waals surface area contributed by atoms with Crippen molar-refractivity contribution < 1.29 is 14.7 Å². The molecule has 1 heterocycles. The van der Waals surface area contributed by atoms with Crippen molar-refractivity contribution in [2.24, 2.45) is 5.73 Å². The van der Waals surface area contributed by atoms with E-state index in [9.17, 15) is 14.7 Å². The average Bonchev–Trinajstić information content (AvgIpc) is 2.64. The molecule has 100 valence electrons. The van der Waals surface area contributed by atoms with Gasteiger partial charge in [-0.2, -0.15) is 0 Å². The van der Waals surface area contributed by atoms with Crippen LogP contribution in [0.15, 0.2) is 24.3 Å². The molecule has 0 bridgehead atoms. The molecule has 0 spiro atoms. The van der Waals surface area contributed by atoms with Gasteiger partial charge in [0.15, 0.2) is 5.88 Å². The number of primary amides is 1. The Morgan fingerprint density at radius 3 is 2.74 bits per heavy atom. The first-order valence-electron chi connectivity index (χ1n) is 5.97. The molecule has 6 nitrogen and oxygen atoms in total. The van der Waals surface area contributed by atoms with E-state index in [4.69, 9.17) is 5.73 Å². The number of fused-ring (bicyclic) bond motifs is 1. The maximum atomic E-state index is 11.5. The summed E-state index contributed by atoms with van der Waals surface area (Å²) in [7, 11) is 0. The first-order valence-corrected chi connectivity index (χ1v) is 5.97. The third-order valence-electron chi connectivity index (χ3n) is 2.76. The van der Waals surface area contributed by atoms with Gasteiger partial charge in [-0.25, -0.2) is 9.36 Å². The van der Waals surface area contributed by atoms with E-state index in [1.807, 2.05) is 6.92 Å². The molecule has 1 aromatic heterocycles. The lowest BCUT2D eigenvalue weighted by Gasteiger charge is -2.05. The summed E-state index contributed by atoms with van der Waals surface area (Å²) in [4.78, 5) is 22.7. The van der Waals surface area contributed by atoms with E-state index in [0.717, 1.165) is 11.0 Å². The molecule has 0 fully saturated rings. The number of aromatic nitrogens is 1. The number of amides is 2. The van der Waals surface area contributed by atoms with E-state index in [1.165, 1.54) is 6.07 Å². The van der Waals surface area contributed by atoms with Gasteiger partial charge in [0, 0.05) is 23.6 Å². The molecule has 0 saturated carbocycles. The summed E-state index contributed by atoms with van der Waals surface area (Å²) in [5.74, 6) is -0.292. The third-order valence-corrected chi connectivity index (χ3v) is 2.76. The molecule has 2 rings (SSSR count). The Labute approximate surface area is 109 Å². The smallest absolute Gasteiger partial charge is 0.326 e. The van der Waals surface area contributed by atoms with Crippen molar-refractivity contribution in [1.82, 2.24) is 4.57 Å². The fourth-order valence-electron chi connectivity index (χ4n) is 1.96. The molecule has 0 unspecified atom stereocenters. The van der Waals surface area contributed by atoms with E-state index in [1.54, 1.807) is 18.2 Å². The average molecular weight is 261 g/mol. The molecule has 0 saturated heterocycles. The number of carbonyl (C=O) groups is 2. The molecule has 6 heteroatoms. The summed E-state index contributed by atoms with van der Waals surface area (Å²) in [5.41, 5.74) is 6.29. The van der Waals surface area contributed by atoms with Crippen molar-refractivity contribution in [3.63, 3.8) is 0 Å². The molecule has 1 aromatic carbocycles. The maximum absolute atomic E-state index is 11.5. The number of hydrogen-bond donors (Lipinski definition) is 3. The Balaban J connectivity index is 2.37. The van der Waals surface area contributed by atoms with Gasteiger partial charge in [0.25, 0.3) is 0 Å². The van der Waals surface area contributed by atoms with Crippen LogP contribution < -0.4 is 11.1 Å². The lowest BCUT2D eigenvalue weighted by Crippen LogP contribution is -2.18. The molecule has 0 atom stereocenters. The monoisotopic (exact) mass is 261 g/mol. The van der Waals surface area contributed by atoms with E-state index in [2.05, 4.69) is 5.32 Å². The van der Waals surface area contributed by atoms with Crippen LogP contribution in [0.4, 0.5) is 10.5 Å². The lowest BCUT2D eigenvalue weighted by atomic mass is 10.2. The van der Waals surface area contributed by atoms with Crippen molar-refractivity contribution in [2.75, 3.05) is 5.32 Å². The highest BCUT2D eigenvalue weighted by molar-refractivity contribution is 5.97. The van der Waals surface area contributed by atoms with Crippen molar-refractivity contribution in [3.05, 3.63) is 24.3 Å². The topological polar surface area (TPSA) is 97.3 Å². The van der Waals surface area contributed by atoms with Crippen LogP contribution in [-0.4, -0.2) is 21.6 Å². The molecular weight excluding hydrogens is 246 g/mol. The van der Waals surface area contributed by atoms with Gasteiger partial charge in [-0.15, -0.1) is 0 Å². The number of hydrogen-bond acceptors (Lipinski definition) is 3. The van der Waals surface area contributed by atoms with Gasteiger partial charge in [0.1, 0.15) is 0 Å². The quantitative estimate of drug-likeness (QED) is 0.788. The molecule has 0 aliphatic carbocycles. The van der Waals surface area contributed by atoms with Crippen LogP contribution in [0.1, 0.15) is 19.8 Å². The summed E-state index contributed by atoms with van der Waals surface area (Å²) >= 11 is 0. The van der Waals surface area contributed by atoms with Crippen molar-refractivity contribution in [3.8, 4) is 5.88 Å². The van der Waals surface area contributed by atoms with Gasteiger partial charge in [-0.05, 0) is 24.6 Å².